The maximum Gasteiger partial charge on any atom is 0.125 e. The summed E-state index contributed by atoms with van der Waals surface area (Å²) in [5, 5.41) is 0. The number of benzene rings is 6. The van der Waals surface area contributed by atoms with Crippen molar-refractivity contribution in [3.05, 3.63) is 166 Å². The van der Waals surface area contributed by atoms with Gasteiger partial charge in [-0.25, -0.2) is 0 Å². The van der Waals surface area contributed by atoms with E-state index in [1.54, 1.807) is 0 Å². The van der Waals surface area contributed by atoms with Crippen LogP contribution in [0.1, 0.15) is 38.9 Å². The van der Waals surface area contributed by atoms with Crippen molar-refractivity contribution >= 4 is 0 Å². The molecule has 0 amide bonds. The summed E-state index contributed by atoms with van der Waals surface area (Å²) in [6.45, 7) is 9.20. The lowest BCUT2D eigenvalue weighted by atomic mass is 9.66. The Morgan fingerprint density at radius 2 is 1.02 bits per heavy atom. The van der Waals surface area contributed by atoms with E-state index >= 15 is 0 Å². The zero-order chi connectivity index (χ0) is 33.8. The summed E-state index contributed by atoms with van der Waals surface area (Å²) in [6.07, 6.45) is 0.386. The summed E-state index contributed by atoms with van der Waals surface area (Å²) >= 11 is 0. The van der Waals surface area contributed by atoms with Crippen LogP contribution in [-0.4, -0.2) is 38.6 Å². The summed E-state index contributed by atoms with van der Waals surface area (Å²) in [7, 11) is 0. The fourth-order valence-corrected chi connectivity index (χ4v) is 7.86. The van der Waals surface area contributed by atoms with E-state index in [4.69, 9.17) is 18.9 Å². The van der Waals surface area contributed by atoms with Gasteiger partial charge in [-0.15, -0.1) is 0 Å². The van der Waals surface area contributed by atoms with Crippen LogP contribution in [0.15, 0.2) is 127 Å². The van der Waals surface area contributed by atoms with Gasteiger partial charge >= 0.3 is 0 Å². The third kappa shape index (κ3) is 5.40. The highest BCUT2D eigenvalue weighted by Crippen LogP contribution is 2.58. The number of ether oxygens (including phenoxy) is 4. The molecule has 0 radical (unpaired) electrons. The lowest BCUT2D eigenvalue weighted by Crippen LogP contribution is -2.29. The van der Waals surface area contributed by atoms with E-state index in [9.17, 15) is 0 Å². The molecule has 2 atom stereocenters. The van der Waals surface area contributed by atoms with Crippen molar-refractivity contribution in [3.8, 4) is 44.9 Å². The molecule has 3 aliphatic rings. The first-order valence-electron chi connectivity index (χ1n) is 17.6. The molecule has 0 spiro atoms. The van der Waals surface area contributed by atoms with Gasteiger partial charge in [0, 0.05) is 0 Å². The smallest absolute Gasteiger partial charge is 0.125 e. The number of hydrogen-bond acceptors (Lipinski definition) is 4. The minimum atomic E-state index is -0.614. The van der Waals surface area contributed by atoms with E-state index in [2.05, 4.69) is 148 Å². The highest BCUT2D eigenvalue weighted by atomic mass is 16.6. The Hall–Kier alpha value is -5.16. The Bertz CT molecular complexity index is 2100. The third-order valence-corrected chi connectivity index (χ3v) is 10.5. The van der Waals surface area contributed by atoms with Crippen LogP contribution in [0, 0.1) is 20.8 Å². The van der Waals surface area contributed by atoms with E-state index in [1.165, 1.54) is 55.6 Å². The van der Waals surface area contributed by atoms with E-state index in [-0.39, 0.29) is 12.2 Å². The van der Waals surface area contributed by atoms with Crippen molar-refractivity contribution in [2.75, 3.05) is 26.4 Å². The Labute approximate surface area is 294 Å². The SMILES string of the molecule is Cc1cc(C2(c3cc(C)c(OCC4CO4)c(C)c3)c3cc(-c4ccccc4)ccc3-c3ccc(-c4ccccc4)cc32)ccc1OCC1CO1. The number of aryl methyl sites for hydroxylation is 3. The number of rotatable bonds is 10. The Balaban J connectivity index is 1.32. The Morgan fingerprint density at radius 1 is 0.520 bits per heavy atom. The van der Waals surface area contributed by atoms with Gasteiger partial charge in [0.2, 0.25) is 0 Å². The molecule has 4 nitrogen and oxygen atoms in total. The minimum Gasteiger partial charge on any atom is -0.491 e. The molecule has 1 aliphatic carbocycles. The van der Waals surface area contributed by atoms with Crippen molar-refractivity contribution in [2.24, 2.45) is 0 Å². The molecule has 0 saturated carbocycles. The lowest BCUT2D eigenvalue weighted by molar-refractivity contribution is 0.260. The zero-order valence-electron chi connectivity index (χ0n) is 28.7. The van der Waals surface area contributed by atoms with Crippen LogP contribution in [0.4, 0.5) is 0 Å². The Morgan fingerprint density at radius 3 is 1.52 bits per heavy atom. The molecule has 6 aromatic rings. The predicted molar refractivity (Wildman–Crippen MR) is 199 cm³/mol. The van der Waals surface area contributed by atoms with Crippen LogP contribution in [0.3, 0.4) is 0 Å². The van der Waals surface area contributed by atoms with Crippen LogP contribution < -0.4 is 9.47 Å². The van der Waals surface area contributed by atoms with E-state index < -0.39 is 5.41 Å². The van der Waals surface area contributed by atoms with Gasteiger partial charge in [0.05, 0.1) is 18.6 Å². The Kier molecular flexibility index (Phi) is 7.60. The molecule has 50 heavy (non-hydrogen) atoms. The van der Waals surface area contributed by atoms with Crippen molar-refractivity contribution in [3.63, 3.8) is 0 Å². The van der Waals surface area contributed by atoms with Crippen molar-refractivity contribution in [1.29, 1.82) is 0 Å². The molecular formula is C46H40O4. The molecule has 2 fully saturated rings. The second-order valence-electron chi connectivity index (χ2n) is 14.0. The second kappa shape index (κ2) is 12.3. The zero-order valence-corrected chi connectivity index (χ0v) is 28.7. The molecule has 4 heteroatoms. The summed E-state index contributed by atoms with van der Waals surface area (Å²) < 4.78 is 23.6. The minimum absolute atomic E-state index is 0.191. The van der Waals surface area contributed by atoms with Crippen molar-refractivity contribution in [2.45, 2.75) is 38.4 Å². The molecule has 2 unspecified atom stereocenters. The molecule has 6 aromatic carbocycles. The third-order valence-electron chi connectivity index (χ3n) is 10.5. The summed E-state index contributed by atoms with van der Waals surface area (Å²) in [4.78, 5) is 0. The summed E-state index contributed by atoms with van der Waals surface area (Å²) in [5.41, 5.74) is 15.0. The predicted octanol–water partition coefficient (Wildman–Crippen LogP) is 9.86. The first-order valence-corrected chi connectivity index (χ1v) is 17.6. The average Bonchev–Trinajstić information content (AvgIpc) is 4.09. The van der Waals surface area contributed by atoms with Gasteiger partial charge in [-0.3, -0.25) is 0 Å². The van der Waals surface area contributed by atoms with Gasteiger partial charge in [-0.2, -0.15) is 0 Å². The first-order chi connectivity index (χ1) is 24.5. The van der Waals surface area contributed by atoms with E-state index in [0.717, 1.165) is 41.4 Å². The highest BCUT2D eigenvalue weighted by Gasteiger charge is 2.47. The summed E-state index contributed by atoms with van der Waals surface area (Å²) in [5.74, 6) is 1.84. The van der Waals surface area contributed by atoms with Gasteiger partial charge < -0.3 is 18.9 Å². The molecule has 248 valence electrons. The maximum atomic E-state index is 6.37. The number of hydrogen-bond donors (Lipinski definition) is 0. The number of epoxide rings is 2. The van der Waals surface area contributed by atoms with Crippen LogP contribution in [0.5, 0.6) is 11.5 Å². The van der Waals surface area contributed by atoms with Crippen molar-refractivity contribution in [1.82, 2.24) is 0 Å². The van der Waals surface area contributed by atoms with Crippen LogP contribution in [0.2, 0.25) is 0 Å². The van der Waals surface area contributed by atoms with E-state index in [0.29, 0.717) is 13.2 Å². The normalized spacial score (nSPS) is 17.9. The number of fused-ring (bicyclic) bond motifs is 3. The van der Waals surface area contributed by atoms with Gasteiger partial charge in [0.25, 0.3) is 0 Å². The highest BCUT2D eigenvalue weighted by molar-refractivity contribution is 5.90. The topological polar surface area (TPSA) is 43.5 Å². The van der Waals surface area contributed by atoms with Gasteiger partial charge in [-0.05, 0) is 111 Å². The molecule has 2 aliphatic heterocycles. The van der Waals surface area contributed by atoms with Crippen LogP contribution in [-0.2, 0) is 14.9 Å². The molecule has 0 N–H and O–H groups in total. The largest absolute Gasteiger partial charge is 0.491 e. The fraction of sp³-hybridized carbons (Fsp3) is 0.217. The molecule has 9 rings (SSSR count). The fourth-order valence-electron chi connectivity index (χ4n) is 7.86. The lowest BCUT2D eigenvalue weighted by Gasteiger charge is -2.35. The van der Waals surface area contributed by atoms with Gasteiger partial charge in [-0.1, -0.05) is 109 Å². The maximum absolute atomic E-state index is 6.37. The monoisotopic (exact) mass is 656 g/mol. The molecule has 2 saturated heterocycles. The first kappa shape index (κ1) is 30.9. The van der Waals surface area contributed by atoms with Gasteiger partial charge in [0.1, 0.15) is 36.9 Å². The van der Waals surface area contributed by atoms with E-state index in [1.807, 2.05) is 0 Å². The average molecular weight is 657 g/mol. The van der Waals surface area contributed by atoms with Crippen LogP contribution >= 0.6 is 0 Å². The van der Waals surface area contributed by atoms with Crippen molar-refractivity contribution < 1.29 is 18.9 Å². The second-order valence-corrected chi connectivity index (χ2v) is 14.0. The van der Waals surface area contributed by atoms with Crippen LogP contribution in [0.25, 0.3) is 33.4 Å². The molecule has 2 heterocycles. The quantitative estimate of drug-likeness (QED) is 0.138. The molecule has 0 aromatic heterocycles. The summed E-state index contributed by atoms with van der Waals surface area (Å²) in [6, 6.07) is 46.9. The molecule has 0 bridgehead atoms. The molecular weight excluding hydrogens is 617 g/mol. The standard InChI is InChI=1S/C46H40O4/c1-29-20-36(16-19-44(29)49-27-38-25-47-38)46(37-21-30(2)45(31(3)22-37)50-28-39-26-48-39)42-23-34(32-10-6-4-7-11-32)14-17-40(42)41-18-15-35(24-43(41)46)33-12-8-5-9-13-33/h4-24,38-39H,25-28H2,1-3H3. The van der Waals surface area contributed by atoms with Gasteiger partial charge in [0.15, 0.2) is 0 Å².